The lowest BCUT2D eigenvalue weighted by molar-refractivity contribution is 0.321. The summed E-state index contributed by atoms with van der Waals surface area (Å²) in [5.74, 6) is 3.34. The zero-order valence-corrected chi connectivity index (χ0v) is 14.0. The van der Waals surface area contributed by atoms with Gasteiger partial charge in [0.05, 0.1) is 14.2 Å². The molecule has 2 unspecified atom stereocenters. The van der Waals surface area contributed by atoms with Gasteiger partial charge in [-0.25, -0.2) is 0 Å². The maximum Gasteiger partial charge on any atom is 0.164 e. The number of rotatable bonds is 4. The Morgan fingerprint density at radius 3 is 2.67 bits per heavy atom. The molecule has 3 nitrogen and oxygen atoms in total. The number of fused-ring (bicyclic) bond motifs is 3. The summed E-state index contributed by atoms with van der Waals surface area (Å²) in [4.78, 5) is 2.63. The van der Waals surface area contributed by atoms with Crippen LogP contribution in [0.1, 0.15) is 36.8 Å². The van der Waals surface area contributed by atoms with Crippen molar-refractivity contribution in [2.75, 3.05) is 33.9 Å². The molecule has 21 heavy (non-hydrogen) atoms. The molecule has 0 amide bonds. The van der Waals surface area contributed by atoms with Crippen LogP contribution in [0.25, 0.3) is 0 Å². The topological polar surface area (TPSA) is 21.7 Å². The van der Waals surface area contributed by atoms with E-state index in [4.69, 9.17) is 9.47 Å². The molecular weight excluding hydrogens is 286 g/mol. The second-order valence-corrected chi connectivity index (χ2v) is 6.03. The number of benzene rings is 1. The average Bonchev–Trinajstić information content (AvgIpc) is 2.89. The maximum atomic E-state index is 5.62. The molecule has 0 N–H and O–H groups in total. The van der Waals surface area contributed by atoms with Crippen LogP contribution in [0.15, 0.2) is 12.1 Å². The van der Waals surface area contributed by atoms with Crippen molar-refractivity contribution in [3.63, 3.8) is 0 Å². The molecule has 1 fully saturated rings. The van der Waals surface area contributed by atoms with Crippen molar-refractivity contribution >= 4 is 12.4 Å². The van der Waals surface area contributed by atoms with Gasteiger partial charge in [0.2, 0.25) is 0 Å². The number of nitrogens with zero attached hydrogens (tertiary/aromatic N) is 1. The van der Waals surface area contributed by atoms with E-state index in [0.717, 1.165) is 23.8 Å². The predicted octanol–water partition coefficient (Wildman–Crippen LogP) is 3.50. The highest BCUT2D eigenvalue weighted by Gasteiger charge is 2.38. The van der Waals surface area contributed by atoms with E-state index in [-0.39, 0.29) is 12.4 Å². The van der Waals surface area contributed by atoms with Crippen molar-refractivity contribution in [1.29, 1.82) is 0 Å². The van der Waals surface area contributed by atoms with Crippen molar-refractivity contribution in [3.8, 4) is 11.5 Å². The minimum Gasteiger partial charge on any atom is -0.493 e. The average molecular weight is 312 g/mol. The van der Waals surface area contributed by atoms with Gasteiger partial charge < -0.3 is 14.4 Å². The molecule has 1 aliphatic carbocycles. The summed E-state index contributed by atoms with van der Waals surface area (Å²) in [6.07, 6.45) is 3.65. The second kappa shape index (κ2) is 6.89. The Bertz CT molecular complexity index is 492. The van der Waals surface area contributed by atoms with E-state index >= 15 is 0 Å². The minimum absolute atomic E-state index is 0. The number of likely N-dealkylation sites (tertiary alicyclic amines) is 1. The van der Waals surface area contributed by atoms with Gasteiger partial charge in [-0.1, -0.05) is 13.0 Å². The lowest BCUT2D eigenvalue weighted by atomic mass is 9.76. The zero-order valence-electron chi connectivity index (χ0n) is 13.2. The van der Waals surface area contributed by atoms with Crippen LogP contribution in [-0.4, -0.2) is 38.8 Å². The number of ether oxygens (including phenoxy) is 2. The van der Waals surface area contributed by atoms with E-state index in [1.54, 1.807) is 14.2 Å². The fourth-order valence-electron chi connectivity index (χ4n) is 4.05. The molecule has 3 rings (SSSR count). The van der Waals surface area contributed by atoms with Crippen LogP contribution in [0.2, 0.25) is 0 Å². The molecule has 0 bridgehead atoms. The van der Waals surface area contributed by atoms with Crippen LogP contribution < -0.4 is 9.47 Å². The summed E-state index contributed by atoms with van der Waals surface area (Å²) in [7, 11) is 3.47. The Labute approximate surface area is 134 Å². The Hall–Kier alpha value is -0.930. The van der Waals surface area contributed by atoms with E-state index in [2.05, 4.69) is 24.0 Å². The largest absolute Gasteiger partial charge is 0.493 e. The lowest BCUT2D eigenvalue weighted by Gasteiger charge is -2.29. The van der Waals surface area contributed by atoms with Gasteiger partial charge in [-0.15, -0.1) is 12.4 Å². The lowest BCUT2D eigenvalue weighted by Crippen LogP contribution is -2.21. The van der Waals surface area contributed by atoms with Gasteiger partial charge in [0, 0.05) is 24.6 Å². The number of methoxy groups -OCH3 is 2. The molecule has 0 radical (unpaired) electrons. The molecule has 118 valence electrons. The standard InChI is InChI=1S/C17H25NO2.ClH/c1-4-9-18-10-12-5-6-14-13(15(12)11-18)7-8-16(19-2)17(14)20-3;/h7-8,12,15H,4-6,9-11H2,1-3H3;1H. The Morgan fingerprint density at radius 2 is 2.00 bits per heavy atom. The fourth-order valence-corrected chi connectivity index (χ4v) is 4.05. The Morgan fingerprint density at radius 1 is 1.19 bits per heavy atom. The van der Waals surface area contributed by atoms with Crippen LogP contribution in [0.4, 0.5) is 0 Å². The quantitative estimate of drug-likeness (QED) is 0.849. The minimum atomic E-state index is 0. The van der Waals surface area contributed by atoms with Crippen molar-refractivity contribution < 1.29 is 9.47 Å². The molecule has 0 spiro atoms. The Kier molecular flexibility index (Phi) is 5.39. The van der Waals surface area contributed by atoms with E-state index in [1.807, 2.05) is 0 Å². The van der Waals surface area contributed by atoms with Crippen molar-refractivity contribution in [1.82, 2.24) is 4.90 Å². The van der Waals surface area contributed by atoms with Crippen LogP contribution in [0, 0.1) is 5.92 Å². The highest BCUT2D eigenvalue weighted by molar-refractivity contribution is 5.85. The summed E-state index contributed by atoms with van der Waals surface area (Å²) >= 11 is 0. The third-order valence-corrected chi connectivity index (χ3v) is 4.91. The first kappa shape index (κ1) is 16.4. The van der Waals surface area contributed by atoms with Crippen LogP contribution in [-0.2, 0) is 6.42 Å². The fraction of sp³-hybridized carbons (Fsp3) is 0.647. The highest BCUT2D eigenvalue weighted by Crippen LogP contribution is 2.46. The van der Waals surface area contributed by atoms with Crippen molar-refractivity contribution in [2.45, 2.75) is 32.1 Å². The van der Waals surface area contributed by atoms with E-state index in [9.17, 15) is 0 Å². The SMILES string of the molecule is CCCN1CC2CCc3c(ccc(OC)c3OC)C2C1.Cl. The van der Waals surface area contributed by atoms with Crippen LogP contribution in [0.3, 0.4) is 0 Å². The number of hydrogen-bond donors (Lipinski definition) is 0. The maximum absolute atomic E-state index is 5.62. The second-order valence-electron chi connectivity index (χ2n) is 6.03. The van der Waals surface area contributed by atoms with E-state index < -0.39 is 0 Å². The summed E-state index contributed by atoms with van der Waals surface area (Å²) in [5, 5.41) is 0. The first-order valence-electron chi connectivity index (χ1n) is 7.74. The van der Waals surface area contributed by atoms with Crippen molar-refractivity contribution in [2.24, 2.45) is 5.92 Å². The molecule has 4 heteroatoms. The van der Waals surface area contributed by atoms with Gasteiger partial charge in [-0.3, -0.25) is 0 Å². The third-order valence-electron chi connectivity index (χ3n) is 4.91. The summed E-state index contributed by atoms with van der Waals surface area (Å²) in [5.41, 5.74) is 2.88. The first-order chi connectivity index (χ1) is 9.78. The van der Waals surface area contributed by atoms with Gasteiger partial charge in [-0.2, -0.15) is 0 Å². The van der Waals surface area contributed by atoms with Gasteiger partial charge in [-0.05, 0) is 43.4 Å². The predicted molar refractivity (Wildman–Crippen MR) is 88.1 cm³/mol. The normalized spacial score (nSPS) is 24.0. The zero-order chi connectivity index (χ0) is 14.1. The molecule has 1 heterocycles. The first-order valence-corrected chi connectivity index (χ1v) is 7.74. The van der Waals surface area contributed by atoms with Gasteiger partial charge >= 0.3 is 0 Å². The molecule has 0 saturated carbocycles. The van der Waals surface area contributed by atoms with Gasteiger partial charge in [0.25, 0.3) is 0 Å². The van der Waals surface area contributed by atoms with E-state index in [1.165, 1.54) is 43.6 Å². The smallest absolute Gasteiger partial charge is 0.164 e. The van der Waals surface area contributed by atoms with Crippen LogP contribution in [0.5, 0.6) is 11.5 Å². The molecule has 1 aromatic carbocycles. The molecule has 1 aromatic rings. The summed E-state index contributed by atoms with van der Waals surface area (Å²) in [6, 6.07) is 4.34. The van der Waals surface area contributed by atoms with Gasteiger partial charge in [0.15, 0.2) is 11.5 Å². The number of hydrogen-bond acceptors (Lipinski definition) is 3. The molecular formula is C17H26ClNO2. The van der Waals surface area contributed by atoms with Crippen molar-refractivity contribution in [3.05, 3.63) is 23.3 Å². The van der Waals surface area contributed by atoms with Crippen LogP contribution >= 0.6 is 12.4 Å². The molecule has 1 saturated heterocycles. The highest BCUT2D eigenvalue weighted by atomic mass is 35.5. The summed E-state index contributed by atoms with van der Waals surface area (Å²) in [6.45, 7) is 5.98. The number of halogens is 1. The molecule has 1 aliphatic heterocycles. The third kappa shape index (κ3) is 2.86. The van der Waals surface area contributed by atoms with E-state index in [0.29, 0.717) is 5.92 Å². The molecule has 2 aliphatic rings. The summed E-state index contributed by atoms with van der Waals surface area (Å²) < 4.78 is 11.1. The Balaban J connectivity index is 0.00000161. The monoisotopic (exact) mass is 311 g/mol. The molecule has 0 aromatic heterocycles. The van der Waals surface area contributed by atoms with Gasteiger partial charge in [0.1, 0.15) is 0 Å². The molecule has 2 atom stereocenters.